The van der Waals surface area contributed by atoms with E-state index in [1.165, 1.54) is 6.07 Å². The Labute approximate surface area is 162 Å². The number of nitrogens with one attached hydrogen (secondary N) is 2. The van der Waals surface area contributed by atoms with Gasteiger partial charge in [-0.1, -0.05) is 0 Å². The standard InChI is InChI=1S/C19H27F3N4O2/c20-19(21,22)13-1-2-17(23)18(9-13)25-14-3-6-26(7-4-14)16-10-15(24-11-16)5-8-28-12-27/h1-2,9,12,14-16,24-25H,3-8,10-11,23H2/t15?,16-/m0/s1. The summed E-state index contributed by atoms with van der Waals surface area (Å²) in [5.74, 6) is 0. The summed E-state index contributed by atoms with van der Waals surface area (Å²) in [6, 6.07) is 4.31. The first-order chi connectivity index (χ1) is 13.4. The average molecular weight is 400 g/mol. The van der Waals surface area contributed by atoms with Crippen LogP contribution in [0.15, 0.2) is 18.2 Å². The third-order valence-corrected chi connectivity index (χ3v) is 5.64. The number of hydrogen-bond donors (Lipinski definition) is 3. The van der Waals surface area contributed by atoms with E-state index in [0.29, 0.717) is 36.5 Å². The van der Waals surface area contributed by atoms with Crippen LogP contribution in [0.25, 0.3) is 0 Å². The van der Waals surface area contributed by atoms with Gasteiger partial charge in [0.1, 0.15) is 0 Å². The molecule has 1 aromatic rings. The zero-order valence-corrected chi connectivity index (χ0v) is 15.7. The number of rotatable bonds is 7. The van der Waals surface area contributed by atoms with Gasteiger partial charge in [0, 0.05) is 37.8 Å². The zero-order valence-electron chi connectivity index (χ0n) is 15.7. The Morgan fingerprint density at radius 2 is 2.07 bits per heavy atom. The number of nitrogens with zero attached hydrogens (tertiary/aromatic N) is 1. The maximum absolute atomic E-state index is 12.9. The summed E-state index contributed by atoms with van der Waals surface area (Å²) in [6.45, 7) is 3.59. The van der Waals surface area contributed by atoms with Crippen LogP contribution in [-0.4, -0.2) is 55.7 Å². The lowest BCUT2D eigenvalue weighted by Gasteiger charge is -2.36. The molecule has 1 aromatic carbocycles. The number of alkyl halides is 3. The average Bonchev–Trinajstić information content (AvgIpc) is 3.12. The predicted octanol–water partition coefficient (Wildman–Crippen LogP) is 2.46. The molecular weight excluding hydrogens is 373 g/mol. The molecule has 9 heteroatoms. The highest BCUT2D eigenvalue weighted by Crippen LogP contribution is 2.34. The van der Waals surface area contributed by atoms with Gasteiger partial charge in [-0.15, -0.1) is 0 Å². The SMILES string of the molecule is Nc1ccc(C(F)(F)F)cc1NC1CCN([C@@H]2CNC(CCOC=O)C2)CC1. The summed E-state index contributed by atoms with van der Waals surface area (Å²) in [6.07, 6.45) is -0.852. The van der Waals surface area contributed by atoms with Crippen LogP contribution in [0.2, 0.25) is 0 Å². The maximum atomic E-state index is 12.9. The van der Waals surface area contributed by atoms with Gasteiger partial charge < -0.3 is 21.1 Å². The van der Waals surface area contributed by atoms with Gasteiger partial charge >= 0.3 is 6.18 Å². The van der Waals surface area contributed by atoms with Crippen molar-refractivity contribution in [3.05, 3.63) is 23.8 Å². The fraction of sp³-hybridized carbons (Fsp3) is 0.632. The first-order valence-electron chi connectivity index (χ1n) is 9.62. The number of halogens is 3. The van der Waals surface area contributed by atoms with Gasteiger partial charge in [-0.25, -0.2) is 0 Å². The van der Waals surface area contributed by atoms with Gasteiger partial charge in [0.25, 0.3) is 6.47 Å². The van der Waals surface area contributed by atoms with Gasteiger partial charge in [-0.3, -0.25) is 9.69 Å². The molecule has 156 valence electrons. The zero-order chi connectivity index (χ0) is 20.1. The largest absolute Gasteiger partial charge is 0.468 e. The van der Waals surface area contributed by atoms with Crippen LogP contribution in [0, 0.1) is 0 Å². The van der Waals surface area contributed by atoms with E-state index in [2.05, 4.69) is 15.5 Å². The first-order valence-corrected chi connectivity index (χ1v) is 9.62. The molecule has 0 bridgehead atoms. The van der Waals surface area contributed by atoms with Crippen LogP contribution in [0.3, 0.4) is 0 Å². The number of carbonyl (C=O) groups excluding carboxylic acids is 1. The minimum absolute atomic E-state index is 0.105. The molecule has 3 rings (SSSR count). The molecule has 2 atom stereocenters. The van der Waals surface area contributed by atoms with Gasteiger partial charge in [0.2, 0.25) is 0 Å². The molecule has 28 heavy (non-hydrogen) atoms. The number of hydrogen-bond acceptors (Lipinski definition) is 6. The number of likely N-dealkylation sites (tertiary alicyclic amines) is 1. The van der Waals surface area contributed by atoms with E-state index < -0.39 is 11.7 Å². The van der Waals surface area contributed by atoms with Gasteiger partial charge in [0.15, 0.2) is 0 Å². The van der Waals surface area contributed by atoms with Gasteiger partial charge in [-0.2, -0.15) is 13.2 Å². The minimum atomic E-state index is -4.38. The third-order valence-electron chi connectivity index (χ3n) is 5.64. The van der Waals surface area contributed by atoms with Gasteiger partial charge in [-0.05, 0) is 43.9 Å². The molecule has 2 aliphatic rings. The number of nitrogens with two attached hydrogens (primary N) is 1. The number of nitrogen functional groups attached to an aromatic ring is 1. The smallest absolute Gasteiger partial charge is 0.416 e. The highest BCUT2D eigenvalue weighted by molar-refractivity contribution is 5.67. The Bertz CT molecular complexity index is 663. The predicted molar refractivity (Wildman–Crippen MR) is 101 cm³/mol. The van der Waals surface area contributed by atoms with Crippen molar-refractivity contribution in [2.75, 3.05) is 37.3 Å². The molecule has 0 amide bonds. The summed E-state index contributed by atoms with van der Waals surface area (Å²) in [5, 5.41) is 6.66. The molecule has 0 radical (unpaired) electrons. The van der Waals surface area contributed by atoms with E-state index in [1.54, 1.807) is 0 Å². The fourth-order valence-corrected chi connectivity index (χ4v) is 4.04. The van der Waals surface area contributed by atoms with Crippen LogP contribution in [0.4, 0.5) is 24.5 Å². The number of anilines is 2. The molecule has 6 nitrogen and oxygen atoms in total. The lowest BCUT2D eigenvalue weighted by atomic mass is 10.0. The monoisotopic (exact) mass is 400 g/mol. The molecular formula is C19H27F3N4O2. The summed E-state index contributed by atoms with van der Waals surface area (Å²) in [7, 11) is 0. The normalized spacial score (nSPS) is 24.2. The summed E-state index contributed by atoms with van der Waals surface area (Å²) in [5.41, 5.74) is 5.85. The number of benzene rings is 1. The Kier molecular flexibility index (Phi) is 6.66. The van der Waals surface area contributed by atoms with Crippen molar-refractivity contribution in [1.82, 2.24) is 10.2 Å². The van der Waals surface area contributed by atoms with E-state index in [4.69, 9.17) is 10.5 Å². The van der Waals surface area contributed by atoms with E-state index in [0.717, 1.165) is 57.5 Å². The van der Waals surface area contributed by atoms with Crippen LogP contribution in [0.5, 0.6) is 0 Å². The molecule has 0 spiro atoms. The number of carbonyl (C=O) groups is 1. The lowest BCUT2D eigenvalue weighted by molar-refractivity contribution is -0.137. The van der Waals surface area contributed by atoms with Crippen LogP contribution in [-0.2, 0) is 15.7 Å². The molecule has 0 aromatic heterocycles. The molecule has 2 aliphatic heterocycles. The van der Waals surface area contributed by atoms with Crippen LogP contribution in [0.1, 0.15) is 31.2 Å². The second-order valence-electron chi connectivity index (χ2n) is 7.50. The fourth-order valence-electron chi connectivity index (χ4n) is 4.04. The molecule has 1 unspecified atom stereocenters. The maximum Gasteiger partial charge on any atom is 0.416 e. The highest BCUT2D eigenvalue weighted by atomic mass is 19.4. The second-order valence-corrected chi connectivity index (χ2v) is 7.50. The minimum Gasteiger partial charge on any atom is -0.468 e. The topological polar surface area (TPSA) is 79.6 Å². The van der Waals surface area contributed by atoms with Crippen molar-refractivity contribution in [1.29, 1.82) is 0 Å². The van der Waals surface area contributed by atoms with Crippen molar-refractivity contribution in [3.8, 4) is 0 Å². The molecule has 0 aliphatic carbocycles. The summed E-state index contributed by atoms with van der Waals surface area (Å²) in [4.78, 5) is 12.7. The quantitative estimate of drug-likeness (QED) is 0.371. The number of ether oxygens (including phenoxy) is 1. The van der Waals surface area contributed by atoms with Crippen molar-refractivity contribution >= 4 is 17.8 Å². The van der Waals surface area contributed by atoms with E-state index in [9.17, 15) is 18.0 Å². The Morgan fingerprint density at radius 3 is 2.75 bits per heavy atom. The molecule has 2 saturated heterocycles. The molecule has 0 saturated carbocycles. The van der Waals surface area contributed by atoms with Crippen molar-refractivity contribution in [3.63, 3.8) is 0 Å². The third kappa shape index (κ3) is 5.29. The van der Waals surface area contributed by atoms with Crippen molar-refractivity contribution in [2.24, 2.45) is 0 Å². The lowest BCUT2D eigenvalue weighted by Crippen LogP contribution is -2.45. The van der Waals surface area contributed by atoms with Gasteiger partial charge in [0.05, 0.1) is 23.5 Å². The second kappa shape index (κ2) is 9.00. The first kappa shape index (κ1) is 20.7. The molecule has 4 N–H and O–H groups in total. The summed E-state index contributed by atoms with van der Waals surface area (Å²) < 4.78 is 43.5. The van der Waals surface area contributed by atoms with E-state index >= 15 is 0 Å². The molecule has 2 heterocycles. The number of piperidine rings is 1. The Morgan fingerprint density at radius 1 is 1.32 bits per heavy atom. The van der Waals surface area contributed by atoms with E-state index in [-0.39, 0.29) is 6.04 Å². The van der Waals surface area contributed by atoms with Crippen LogP contribution < -0.4 is 16.4 Å². The van der Waals surface area contributed by atoms with Crippen LogP contribution >= 0.6 is 0 Å². The molecule has 2 fully saturated rings. The Hall–Kier alpha value is -2.00. The van der Waals surface area contributed by atoms with Crippen molar-refractivity contribution < 1.29 is 22.7 Å². The summed E-state index contributed by atoms with van der Waals surface area (Å²) >= 11 is 0. The Balaban J connectivity index is 1.48. The van der Waals surface area contributed by atoms with E-state index in [1.807, 2.05) is 0 Å². The van der Waals surface area contributed by atoms with Crippen molar-refractivity contribution in [2.45, 2.75) is 50.0 Å². The highest BCUT2D eigenvalue weighted by Gasteiger charge is 2.33.